The van der Waals surface area contributed by atoms with E-state index in [9.17, 15) is 4.79 Å². The van der Waals surface area contributed by atoms with Crippen LogP contribution in [-0.4, -0.2) is 10.8 Å². The van der Waals surface area contributed by atoms with Crippen LogP contribution in [0.15, 0.2) is 23.6 Å². The predicted octanol–water partition coefficient (Wildman–Crippen LogP) is 4.13. The van der Waals surface area contributed by atoms with Gasteiger partial charge in [0.15, 0.2) is 5.78 Å². The summed E-state index contributed by atoms with van der Waals surface area (Å²) >= 11 is 9.56. The molecule has 2 nitrogen and oxygen atoms in total. The highest BCUT2D eigenvalue weighted by atomic mass is 127. The van der Waals surface area contributed by atoms with Crippen LogP contribution in [0.3, 0.4) is 0 Å². The van der Waals surface area contributed by atoms with Gasteiger partial charge in [0, 0.05) is 25.2 Å². The smallest absolute Gasteiger partial charge is 0.170 e. The van der Waals surface area contributed by atoms with Gasteiger partial charge in [-0.3, -0.25) is 4.79 Å². The molecule has 88 valence electrons. The monoisotopic (exact) mass is 377 g/mol. The molecule has 0 aliphatic carbocycles. The minimum absolute atomic E-state index is 0.0613. The van der Waals surface area contributed by atoms with Gasteiger partial charge in [-0.25, -0.2) is 4.98 Å². The number of nitrogens with zero attached hydrogens (tertiary/aromatic N) is 1. The first-order valence-corrected chi connectivity index (χ1v) is 7.29. The van der Waals surface area contributed by atoms with Crippen molar-refractivity contribution in [3.63, 3.8) is 0 Å². The van der Waals surface area contributed by atoms with E-state index in [0.717, 1.165) is 14.3 Å². The average molecular weight is 378 g/mol. The fraction of sp³-hybridized carbons (Fsp3) is 0.167. The van der Waals surface area contributed by atoms with Gasteiger partial charge in [0.25, 0.3) is 0 Å². The van der Waals surface area contributed by atoms with E-state index < -0.39 is 0 Å². The molecular formula is C12H9ClINOS. The molecular weight excluding hydrogens is 369 g/mol. The number of hydrogen-bond acceptors (Lipinski definition) is 3. The van der Waals surface area contributed by atoms with Crippen LogP contribution in [-0.2, 0) is 6.42 Å². The molecule has 5 heteroatoms. The molecule has 0 spiro atoms. The maximum atomic E-state index is 12.1. The van der Waals surface area contributed by atoms with E-state index in [4.69, 9.17) is 11.6 Å². The Hall–Kier alpha value is -0.460. The summed E-state index contributed by atoms with van der Waals surface area (Å²) in [5.41, 5.74) is 1.63. The lowest BCUT2D eigenvalue weighted by Gasteiger charge is -2.02. The zero-order valence-electron chi connectivity index (χ0n) is 9.04. The highest BCUT2D eigenvalue weighted by Crippen LogP contribution is 2.20. The van der Waals surface area contributed by atoms with E-state index in [1.807, 2.05) is 18.4 Å². The number of benzene rings is 1. The molecule has 1 aromatic carbocycles. The number of thiazole rings is 1. The molecule has 0 bridgehead atoms. The van der Waals surface area contributed by atoms with Crippen molar-refractivity contribution in [2.45, 2.75) is 13.3 Å². The molecule has 1 aromatic heterocycles. The van der Waals surface area contributed by atoms with Gasteiger partial charge in [0.05, 0.1) is 6.42 Å². The SMILES string of the molecule is Cc1csc(CC(=O)c2cc(Cl)ccc2I)n1. The number of Topliss-reactive ketones (excluding diaryl/α,β-unsaturated/α-hetero) is 1. The van der Waals surface area contributed by atoms with Crippen LogP contribution >= 0.6 is 45.5 Å². The number of carbonyl (C=O) groups excluding carboxylic acids is 1. The molecule has 0 saturated heterocycles. The van der Waals surface area contributed by atoms with E-state index in [0.29, 0.717) is 17.0 Å². The molecule has 1 heterocycles. The molecule has 0 radical (unpaired) electrons. The maximum Gasteiger partial charge on any atom is 0.170 e. The van der Waals surface area contributed by atoms with Crippen LogP contribution in [0.1, 0.15) is 21.1 Å². The average Bonchev–Trinajstić information content (AvgIpc) is 2.67. The van der Waals surface area contributed by atoms with Crippen molar-refractivity contribution in [1.29, 1.82) is 0 Å². The number of hydrogen-bond donors (Lipinski definition) is 0. The van der Waals surface area contributed by atoms with E-state index in [2.05, 4.69) is 27.6 Å². The number of aromatic nitrogens is 1. The molecule has 0 fully saturated rings. The second kappa shape index (κ2) is 5.46. The zero-order valence-corrected chi connectivity index (χ0v) is 12.8. The summed E-state index contributed by atoms with van der Waals surface area (Å²) in [5, 5.41) is 3.39. The third-order valence-electron chi connectivity index (χ3n) is 2.21. The number of carbonyl (C=O) groups is 1. The van der Waals surface area contributed by atoms with Gasteiger partial charge in [0.1, 0.15) is 5.01 Å². The van der Waals surface area contributed by atoms with Crippen molar-refractivity contribution in [2.75, 3.05) is 0 Å². The van der Waals surface area contributed by atoms with Crippen molar-refractivity contribution in [1.82, 2.24) is 4.98 Å². The van der Waals surface area contributed by atoms with Crippen molar-refractivity contribution in [2.24, 2.45) is 0 Å². The Morgan fingerprint density at radius 3 is 2.94 bits per heavy atom. The van der Waals surface area contributed by atoms with Crippen LogP contribution in [0, 0.1) is 10.5 Å². The Bertz CT molecular complexity index is 567. The van der Waals surface area contributed by atoms with Crippen LogP contribution in [0.5, 0.6) is 0 Å². The Kier molecular flexibility index (Phi) is 4.17. The minimum atomic E-state index is 0.0613. The maximum absolute atomic E-state index is 12.1. The molecule has 2 aromatic rings. The van der Waals surface area contributed by atoms with Gasteiger partial charge >= 0.3 is 0 Å². The molecule has 0 atom stereocenters. The van der Waals surface area contributed by atoms with E-state index in [-0.39, 0.29) is 5.78 Å². The summed E-state index contributed by atoms with van der Waals surface area (Å²) in [5.74, 6) is 0.0613. The Morgan fingerprint density at radius 2 is 2.29 bits per heavy atom. The first-order chi connectivity index (χ1) is 8.06. The van der Waals surface area contributed by atoms with Crippen LogP contribution in [0.25, 0.3) is 0 Å². The normalized spacial score (nSPS) is 10.5. The molecule has 0 unspecified atom stereocenters. The summed E-state index contributed by atoms with van der Waals surface area (Å²) in [6.45, 7) is 1.92. The first-order valence-electron chi connectivity index (χ1n) is 4.95. The summed E-state index contributed by atoms with van der Waals surface area (Å²) in [6.07, 6.45) is 0.342. The van der Waals surface area contributed by atoms with Gasteiger partial charge in [-0.2, -0.15) is 0 Å². The molecule has 0 aliphatic heterocycles. The van der Waals surface area contributed by atoms with Gasteiger partial charge in [0.2, 0.25) is 0 Å². The van der Waals surface area contributed by atoms with Crippen LogP contribution < -0.4 is 0 Å². The minimum Gasteiger partial charge on any atom is -0.294 e. The summed E-state index contributed by atoms with van der Waals surface area (Å²) < 4.78 is 0.922. The second-order valence-electron chi connectivity index (χ2n) is 3.61. The van der Waals surface area contributed by atoms with Gasteiger partial charge < -0.3 is 0 Å². The van der Waals surface area contributed by atoms with Crippen molar-refractivity contribution in [3.05, 3.63) is 48.4 Å². The van der Waals surface area contributed by atoms with Gasteiger partial charge in [-0.1, -0.05) is 11.6 Å². The lowest BCUT2D eigenvalue weighted by Crippen LogP contribution is -2.05. The fourth-order valence-corrected chi connectivity index (χ4v) is 3.01. The number of ketones is 1. The Labute approximate surface area is 122 Å². The molecule has 0 N–H and O–H groups in total. The van der Waals surface area contributed by atoms with E-state index in [1.54, 1.807) is 12.1 Å². The zero-order chi connectivity index (χ0) is 12.4. The van der Waals surface area contributed by atoms with Gasteiger partial charge in [-0.05, 0) is 47.7 Å². The van der Waals surface area contributed by atoms with Crippen LogP contribution in [0.4, 0.5) is 0 Å². The van der Waals surface area contributed by atoms with Crippen molar-refractivity contribution >= 4 is 51.3 Å². The van der Waals surface area contributed by atoms with E-state index >= 15 is 0 Å². The Morgan fingerprint density at radius 1 is 1.53 bits per heavy atom. The third-order valence-corrected chi connectivity index (χ3v) is 4.35. The number of aryl methyl sites for hydroxylation is 1. The molecule has 2 rings (SSSR count). The highest BCUT2D eigenvalue weighted by molar-refractivity contribution is 14.1. The van der Waals surface area contributed by atoms with Crippen LogP contribution in [0.2, 0.25) is 5.02 Å². The standard InChI is InChI=1S/C12H9ClINOS/c1-7-6-17-12(15-7)5-11(16)9-4-8(13)2-3-10(9)14/h2-4,6H,5H2,1H3. The summed E-state index contributed by atoms with van der Waals surface area (Å²) in [4.78, 5) is 16.4. The highest BCUT2D eigenvalue weighted by Gasteiger charge is 2.13. The summed E-state index contributed by atoms with van der Waals surface area (Å²) in [6, 6.07) is 5.35. The summed E-state index contributed by atoms with van der Waals surface area (Å²) in [7, 11) is 0. The number of halogens is 2. The number of rotatable bonds is 3. The topological polar surface area (TPSA) is 30.0 Å². The lowest BCUT2D eigenvalue weighted by atomic mass is 10.1. The molecule has 0 saturated carbocycles. The van der Waals surface area contributed by atoms with E-state index in [1.165, 1.54) is 11.3 Å². The largest absolute Gasteiger partial charge is 0.294 e. The Balaban J connectivity index is 2.22. The molecule has 0 amide bonds. The molecule has 0 aliphatic rings. The lowest BCUT2D eigenvalue weighted by molar-refractivity contribution is 0.0992. The fourth-order valence-electron chi connectivity index (χ4n) is 1.43. The first kappa shape index (κ1) is 13.0. The quantitative estimate of drug-likeness (QED) is 0.594. The second-order valence-corrected chi connectivity index (χ2v) is 6.15. The van der Waals surface area contributed by atoms with Crippen molar-refractivity contribution < 1.29 is 4.79 Å². The molecule has 17 heavy (non-hydrogen) atoms. The van der Waals surface area contributed by atoms with Crippen molar-refractivity contribution in [3.8, 4) is 0 Å². The third kappa shape index (κ3) is 3.26. The van der Waals surface area contributed by atoms with Gasteiger partial charge in [-0.15, -0.1) is 11.3 Å². The predicted molar refractivity (Wildman–Crippen MR) is 79.1 cm³/mol.